The van der Waals surface area contributed by atoms with Crippen LogP contribution in [-0.2, 0) is 17.3 Å². The summed E-state index contributed by atoms with van der Waals surface area (Å²) in [6.45, 7) is 0. The van der Waals surface area contributed by atoms with Crippen molar-refractivity contribution in [1.82, 2.24) is 9.97 Å². The highest BCUT2D eigenvalue weighted by Gasteiger charge is 2.31. The third-order valence-corrected chi connectivity index (χ3v) is 3.17. The van der Waals surface area contributed by atoms with Crippen LogP contribution >= 0.6 is 0 Å². The molecule has 0 aliphatic carbocycles. The van der Waals surface area contributed by atoms with Gasteiger partial charge in [-0.05, 0) is 18.2 Å². The SMILES string of the molecule is O=C(Nc1cccnc1S(=O)O)c1cncc(C(F)(F)F)c1. The van der Waals surface area contributed by atoms with E-state index in [9.17, 15) is 22.2 Å². The third kappa shape index (κ3) is 3.65. The minimum Gasteiger partial charge on any atom is -0.319 e. The zero-order valence-corrected chi connectivity index (χ0v) is 11.5. The van der Waals surface area contributed by atoms with Crippen molar-refractivity contribution in [3.05, 3.63) is 47.9 Å². The molecule has 2 heterocycles. The number of anilines is 1. The van der Waals surface area contributed by atoms with Crippen LogP contribution in [0.2, 0.25) is 0 Å². The van der Waals surface area contributed by atoms with Crippen molar-refractivity contribution >= 4 is 22.7 Å². The predicted octanol–water partition coefficient (Wildman–Crippen LogP) is 2.33. The molecule has 0 bridgehead atoms. The van der Waals surface area contributed by atoms with Gasteiger partial charge in [0.25, 0.3) is 5.91 Å². The molecule has 1 unspecified atom stereocenters. The molecule has 1 atom stereocenters. The Morgan fingerprint density at radius 1 is 1.32 bits per heavy atom. The van der Waals surface area contributed by atoms with E-state index >= 15 is 0 Å². The molecule has 10 heteroatoms. The van der Waals surface area contributed by atoms with E-state index in [0.29, 0.717) is 12.3 Å². The van der Waals surface area contributed by atoms with E-state index in [0.717, 1.165) is 6.20 Å². The molecule has 2 rings (SSSR count). The number of halogens is 3. The number of carbonyl (C=O) groups excluding carboxylic acids is 1. The molecule has 116 valence electrons. The van der Waals surface area contributed by atoms with Gasteiger partial charge in [-0.25, -0.2) is 9.19 Å². The van der Waals surface area contributed by atoms with Gasteiger partial charge in [0.05, 0.1) is 16.8 Å². The van der Waals surface area contributed by atoms with Gasteiger partial charge in [0, 0.05) is 18.6 Å². The van der Waals surface area contributed by atoms with Crippen LogP contribution in [0.4, 0.5) is 18.9 Å². The quantitative estimate of drug-likeness (QED) is 0.842. The van der Waals surface area contributed by atoms with Crippen molar-refractivity contribution in [1.29, 1.82) is 0 Å². The summed E-state index contributed by atoms with van der Waals surface area (Å²) in [5.41, 5.74) is -1.49. The van der Waals surface area contributed by atoms with Crippen molar-refractivity contribution in [3.63, 3.8) is 0 Å². The second-order valence-electron chi connectivity index (χ2n) is 4.02. The molecule has 0 spiro atoms. The Morgan fingerprint density at radius 3 is 2.68 bits per heavy atom. The molecule has 0 saturated carbocycles. The van der Waals surface area contributed by atoms with Crippen molar-refractivity contribution in [3.8, 4) is 0 Å². The van der Waals surface area contributed by atoms with Gasteiger partial charge in [-0.15, -0.1) is 0 Å². The van der Waals surface area contributed by atoms with Gasteiger partial charge in [-0.1, -0.05) is 0 Å². The zero-order chi connectivity index (χ0) is 16.3. The predicted molar refractivity (Wildman–Crippen MR) is 70.5 cm³/mol. The summed E-state index contributed by atoms with van der Waals surface area (Å²) < 4.78 is 57.8. The second kappa shape index (κ2) is 6.20. The highest BCUT2D eigenvalue weighted by Crippen LogP contribution is 2.29. The first-order valence-corrected chi connectivity index (χ1v) is 6.79. The molecule has 0 fully saturated rings. The minimum atomic E-state index is -4.63. The van der Waals surface area contributed by atoms with Crippen molar-refractivity contribution < 1.29 is 26.7 Å². The molecule has 0 aliphatic heterocycles. The molecule has 22 heavy (non-hydrogen) atoms. The van der Waals surface area contributed by atoms with Crippen LogP contribution in [0.1, 0.15) is 15.9 Å². The van der Waals surface area contributed by atoms with E-state index in [4.69, 9.17) is 4.55 Å². The number of hydrogen-bond acceptors (Lipinski definition) is 4. The summed E-state index contributed by atoms with van der Waals surface area (Å²) in [5, 5.41) is 1.92. The van der Waals surface area contributed by atoms with E-state index < -0.39 is 28.7 Å². The molecule has 0 radical (unpaired) electrons. The molecule has 2 aromatic heterocycles. The maximum absolute atomic E-state index is 12.6. The maximum atomic E-state index is 12.6. The summed E-state index contributed by atoms with van der Waals surface area (Å²) in [6.07, 6.45) is -1.84. The average molecular weight is 331 g/mol. The van der Waals surface area contributed by atoms with Gasteiger partial charge < -0.3 is 9.87 Å². The normalized spacial score (nSPS) is 12.7. The first kappa shape index (κ1) is 16.0. The van der Waals surface area contributed by atoms with Crippen molar-refractivity contribution in [2.45, 2.75) is 11.2 Å². The summed E-state index contributed by atoms with van der Waals surface area (Å²) in [5.74, 6) is -0.904. The molecule has 0 aromatic carbocycles. The highest BCUT2D eigenvalue weighted by atomic mass is 32.2. The van der Waals surface area contributed by atoms with Crippen LogP contribution in [0.15, 0.2) is 41.8 Å². The number of alkyl halides is 3. The largest absolute Gasteiger partial charge is 0.417 e. The lowest BCUT2D eigenvalue weighted by atomic mass is 10.2. The van der Waals surface area contributed by atoms with E-state index in [1.807, 2.05) is 0 Å². The standard InChI is InChI=1S/C12H8F3N3O3S/c13-12(14,15)8-4-7(5-16-6-8)10(19)18-9-2-1-3-17-11(9)22(20)21/h1-6H,(H,18,19)(H,20,21). The fraction of sp³-hybridized carbons (Fsp3) is 0.0833. The zero-order valence-electron chi connectivity index (χ0n) is 10.7. The number of aromatic nitrogens is 2. The molecule has 2 aromatic rings. The Labute approximate surface area is 124 Å². The first-order chi connectivity index (χ1) is 10.3. The Kier molecular flexibility index (Phi) is 4.52. The molecule has 6 nitrogen and oxygen atoms in total. The lowest BCUT2D eigenvalue weighted by Crippen LogP contribution is -2.16. The van der Waals surface area contributed by atoms with Crippen LogP contribution < -0.4 is 5.32 Å². The Balaban J connectivity index is 2.29. The maximum Gasteiger partial charge on any atom is 0.417 e. The Bertz CT molecular complexity index is 737. The lowest BCUT2D eigenvalue weighted by molar-refractivity contribution is -0.137. The number of rotatable bonds is 3. The van der Waals surface area contributed by atoms with Gasteiger partial charge in [-0.2, -0.15) is 13.2 Å². The molecule has 1 amide bonds. The van der Waals surface area contributed by atoms with Crippen LogP contribution in [0.5, 0.6) is 0 Å². The van der Waals surface area contributed by atoms with Gasteiger partial charge in [0.1, 0.15) is 0 Å². The Hall–Kier alpha value is -2.33. The minimum absolute atomic E-state index is 0.0780. The third-order valence-electron chi connectivity index (χ3n) is 2.51. The molecule has 0 saturated heterocycles. The van der Waals surface area contributed by atoms with Gasteiger partial charge in [0.2, 0.25) is 11.1 Å². The summed E-state index contributed by atoms with van der Waals surface area (Å²) in [7, 11) is 0. The van der Waals surface area contributed by atoms with E-state index in [-0.39, 0.29) is 16.3 Å². The molecule has 2 N–H and O–H groups in total. The van der Waals surface area contributed by atoms with Crippen LogP contribution in [0.25, 0.3) is 0 Å². The first-order valence-electron chi connectivity index (χ1n) is 5.68. The summed E-state index contributed by atoms with van der Waals surface area (Å²) >= 11 is -2.45. The lowest BCUT2D eigenvalue weighted by Gasteiger charge is -2.09. The monoisotopic (exact) mass is 331 g/mol. The highest BCUT2D eigenvalue weighted by molar-refractivity contribution is 7.79. The van der Waals surface area contributed by atoms with Gasteiger partial charge in [0.15, 0.2) is 5.03 Å². The number of carbonyl (C=O) groups is 1. The fourth-order valence-corrected chi connectivity index (χ4v) is 2.00. The topological polar surface area (TPSA) is 92.2 Å². The molecular weight excluding hydrogens is 323 g/mol. The smallest absolute Gasteiger partial charge is 0.319 e. The summed E-state index contributed by atoms with van der Waals surface area (Å²) in [4.78, 5) is 18.9. The second-order valence-corrected chi connectivity index (χ2v) is 4.90. The van der Waals surface area contributed by atoms with Crippen molar-refractivity contribution in [2.24, 2.45) is 0 Å². The van der Waals surface area contributed by atoms with Crippen LogP contribution in [-0.4, -0.2) is 24.6 Å². The molecular formula is C12H8F3N3O3S. The number of nitrogens with one attached hydrogen (secondary N) is 1. The van der Waals surface area contributed by atoms with Crippen molar-refractivity contribution in [2.75, 3.05) is 5.32 Å². The average Bonchev–Trinajstić information content (AvgIpc) is 2.47. The summed E-state index contributed by atoms with van der Waals surface area (Å²) in [6, 6.07) is 3.33. The number of hydrogen-bond donors (Lipinski definition) is 2. The van der Waals surface area contributed by atoms with Crippen LogP contribution in [0, 0.1) is 0 Å². The number of pyridine rings is 2. The van der Waals surface area contributed by atoms with Crippen LogP contribution in [0.3, 0.4) is 0 Å². The van der Waals surface area contributed by atoms with Gasteiger partial charge in [-0.3, -0.25) is 9.78 Å². The van der Waals surface area contributed by atoms with E-state index in [1.165, 1.54) is 18.3 Å². The Morgan fingerprint density at radius 2 is 2.05 bits per heavy atom. The van der Waals surface area contributed by atoms with Gasteiger partial charge >= 0.3 is 6.18 Å². The fourth-order valence-electron chi connectivity index (χ4n) is 1.54. The van der Waals surface area contributed by atoms with E-state index in [2.05, 4.69) is 15.3 Å². The number of nitrogens with zero attached hydrogens (tertiary/aromatic N) is 2. The van der Waals surface area contributed by atoms with E-state index in [1.54, 1.807) is 0 Å². The number of amides is 1. The molecule has 0 aliphatic rings.